The van der Waals surface area contributed by atoms with E-state index >= 15 is 0 Å². The first-order chi connectivity index (χ1) is 31.8. The topological polar surface area (TPSA) is 141 Å². The number of likely N-dealkylation sites (tertiary alicyclic amines) is 2. The molecule has 0 radical (unpaired) electrons. The molecule has 2 aromatic carbocycles. The minimum absolute atomic E-state index is 0. The average molecular weight is 926 g/mol. The van der Waals surface area contributed by atoms with Crippen molar-refractivity contribution in [2.45, 2.75) is 171 Å². The number of nitrogens with two attached hydrogens (primary N) is 1. The molecule has 13 nitrogen and oxygen atoms in total. The largest absolute Gasteiger partial charge is 0.437 e. The Labute approximate surface area is 399 Å². The second-order valence-electron chi connectivity index (χ2n) is 20.5. The Hall–Kier alpha value is -3.53. The van der Waals surface area contributed by atoms with Gasteiger partial charge in [0.25, 0.3) is 11.1 Å². The molecule has 6 heterocycles. The van der Waals surface area contributed by atoms with Gasteiger partial charge in [-0.2, -0.15) is 0 Å². The highest BCUT2D eigenvalue weighted by atomic mass is 35.5. The van der Waals surface area contributed by atoms with Crippen molar-refractivity contribution in [3.63, 3.8) is 0 Å². The molecule has 10 rings (SSSR count). The smallest absolute Gasteiger partial charge is 0.373 e. The predicted molar refractivity (Wildman–Crippen MR) is 274 cm³/mol. The van der Waals surface area contributed by atoms with Crippen molar-refractivity contribution in [1.29, 1.82) is 0 Å². The van der Waals surface area contributed by atoms with Crippen molar-refractivity contribution >= 4 is 53.2 Å². The zero-order valence-corrected chi connectivity index (χ0v) is 40.6. The fourth-order valence-corrected chi connectivity index (χ4v) is 12.4. The lowest BCUT2D eigenvalue weighted by Gasteiger charge is -2.39. The van der Waals surface area contributed by atoms with Crippen LogP contribution in [0.5, 0.6) is 0 Å². The molecule has 4 aromatic rings. The maximum absolute atomic E-state index is 13.8. The van der Waals surface area contributed by atoms with E-state index in [1.807, 2.05) is 36.4 Å². The van der Waals surface area contributed by atoms with Gasteiger partial charge in [-0.1, -0.05) is 88.5 Å². The lowest BCUT2D eigenvalue weighted by Crippen LogP contribution is -2.44. The third-order valence-electron chi connectivity index (χ3n) is 16.0. The van der Waals surface area contributed by atoms with Crippen molar-refractivity contribution < 1.29 is 5.02 Å². The highest BCUT2D eigenvalue weighted by molar-refractivity contribution is 6.45. The molecular formula is C51H78BClN10O3. The maximum Gasteiger partial charge on any atom is 0.373 e. The highest BCUT2D eigenvalue weighted by Gasteiger charge is 2.33. The second-order valence-corrected chi connectivity index (χ2v) is 20.5. The Morgan fingerprint density at radius 3 is 1.38 bits per heavy atom. The average Bonchev–Trinajstić information content (AvgIpc) is 3.95. The number of halogens is 1. The first-order valence-electron chi connectivity index (χ1n) is 26.0. The van der Waals surface area contributed by atoms with Crippen LogP contribution in [0.2, 0.25) is 6.82 Å². The van der Waals surface area contributed by atoms with Crippen LogP contribution in [0.25, 0.3) is 22.1 Å². The third kappa shape index (κ3) is 11.5. The quantitative estimate of drug-likeness (QED) is 0.151. The van der Waals surface area contributed by atoms with Gasteiger partial charge >= 0.3 is 7.05 Å². The van der Waals surface area contributed by atoms with Crippen LogP contribution in [0, 0.1) is 0 Å². The Morgan fingerprint density at radius 1 is 0.545 bits per heavy atom. The van der Waals surface area contributed by atoms with Gasteiger partial charge in [0, 0.05) is 88.6 Å². The number of nitrogens with one attached hydrogen (secondary N) is 1. The minimum Gasteiger partial charge on any atom is -0.437 e. The molecule has 0 unspecified atom stereocenters. The molecule has 6 aliphatic rings. The van der Waals surface area contributed by atoms with Crippen LogP contribution >= 0.6 is 12.4 Å². The summed E-state index contributed by atoms with van der Waals surface area (Å²) >= 11 is 0. The highest BCUT2D eigenvalue weighted by Crippen LogP contribution is 2.32. The Bertz CT molecular complexity index is 2280. The van der Waals surface area contributed by atoms with Crippen LogP contribution in [0.3, 0.4) is 0 Å². The fraction of sp³-hybridized carbons (Fsp3) is 0.686. The number of aromatic nitrogens is 4. The molecule has 0 bridgehead atoms. The summed E-state index contributed by atoms with van der Waals surface area (Å²) in [6.45, 7) is 9.13. The fourth-order valence-electron chi connectivity index (χ4n) is 12.4. The molecule has 0 spiro atoms. The van der Waals surface area contributed by atoms with Gasteiger partial charge in [-0.15, -0.1) is 12.4 Å². The molecule has 15 heteroatoms. The lowest BCUT2D eigenvalue weighted by atomic mass is 9.87. The van der Waals surface area contributed by atoms with Crippen LogP contribution in [0.4, 0.5) is 11.6 Å². The normalized spacial score (nSPS) is 24.0. The second kappa shape index (κ2) is 23.2. The summed E-state index contributed by atoms with van der Waals surface area (Å²) in [6, 6.07) is 18.5. The SMILES string of the molecule is CB(O)N[C@H]1CCN(c2nc3ccccc3n(C3CCN(C4CCCCCCC4)CC3)c2=O)C1.Cl.N[C@H]1CCN(c2nc3ccccc3n(C3CCN(C4CCCCCCC4)CC3)c2=O)C1. The lowest BCUT2D eigenvalue weighted by molar-refractivity contribution is 0.116. The molecule has 2 aromatic heterocycles. The van der Waals surface area contributed by atoms with E-state index in [1.54, 1.807) is 6.82 Å². The molecule has 2 aliphatic carbocycles. The summed E-state index contributed by atoms with van der Waals surface area (Å²) in [5.41, 5.74) is 9.98. The van der Waals surface area contributed by atoms with Crippen LogP contribution in [0.15, 0.2) is 58.1 Å². The van der Waals surface area contributed by atoms with E-state index in [1.165, 1.54) is 89.9 Å². The van der Waals surface area contributed by atoms with Crippen molar-refractivity contribution in [2.24, 2.45) is 5.73 Å². The van der Waals surface area contributed by atoms with Gasteiger partial charge in [-0.3, -0.25) is 9.59 Å². The molecule has 6 fully saturated rings. The number of hydrogen-bond acceptors (Lipinski definition) is 11. The monoisotopic (exact) mass is 925 g/mol. The Morgan fingerprint density at radius 2 is 0.955 bits per heavy atom. The number of rotatable bonds is 8. The van der Waals surface area contributed by atoms with Crippen molar-refractivity contribution in [2.75, 3.05) is 62.2 Å². The molecule has 2 atom stereocenters. The van der Waals surface area contributed by atoms with E-state index in [0.29, 0.717) is 18.2 Å². The summed E-state index contributed by atoms with van der Waals surface area (Å²) in [4.78, 5) is 46.7. The van der Waals surface area contributed by atoms with Gasteiger partial charge in [0.2, 0.25) is 0 Å². The van der Waals surface area contributed by atoms with E-state index in [4.69, 9.17) is 15.7 Å². The van der Waals surface area contributed by atoms with Gasteiger partial charge < -0.3 is 44.7 Å². The predicted octanol–water partition coefficient (Wildman–Crippen LogP) is 7.53. The van der Waals surface area contributed by atoms with E-state index in [-0.39, 0.29) is 47.7 Å². The maximum atomic E-state index is 13.8. The Kier molecular flexibility index (Phi) is 17.2. The van der Waals surface area contributed by atoms with Gasteiger partial charge in [0.1, 0.15) is 0 Å². The summed E-state index contributed by atoms with van der Waals surface area (Å²) in [7, 11) is -0.547. The van der Waals surface area contributed by atoms with E-state index in [9.17, 15) is 14.6 Å². The van der Waals surface area contributed by atoms with Crippen molar-refractivity contribution in [1.82, 2.24) is 34.1 Å². The van der Waals surface area contributed by atoms with Gasteiger partial charge in [0.05, 0.1) is 22.1 Å². The third-order valence-corrected chi connectivity index (χ3v) is 16.0. The van der Waals surface area contributed by atoms with E-state index < -0.39 is 7.05 Å². The van der Waals surface area contributed by atoms with Crippen LogP contribution < -0.4 is 31.9 Å². The van der Waals surface area contributed by atoms with Gasteiger partial charge in [0.15, 0.2) is 11.6 Å². The zero-order valence-electron chi connectivity index (χ0n) is 39.8. The summed E-state index contributed by atoms with van der Waals surface area (Å²) in [5.74, 6) is 1.16. The number of para-hydroxylation sites is 4. The number of piperidine rings is 2. The van der Waals surface area contributed by atoms with Crippen LogP contribution in [-0.4, -0.2) is 118 Å². The molecule has 4 N–H and O–H groups in total. The van der Waals surface area contributed by atoms with Crippen LogP contribution in [-0.2, 0) is 0 Å². The molecule has 66 heavy (non-hydrogen) atoms. The number of benzene rings is 2. The number of nitrogens with zero attached hydrogens (tertiary/aromatic N) is 8. The first kappa shape index (κ1) is 48.9. The molecule has 4 saturated heterocycles. The van der Waals surface area contributed by atoms with Gasteiger partial charge in [-0.25, -0.2) is 9.97 Å². The summed E-state index contributed by atoms with van der Waals surface area (Å²) < 4.78 is 4.12. The molecule has 2 saturated carbocycles. The van der Waals surface area contributed by atoms with E-state index in [0.717, 1.165) is 118 Å². The number of hydrogen-bond donors (Lipinski definition) is 3. The van der Waals surface area contributed by atoms with Crippen molar-refractivity contribution in [3.8, 4) is 0 Å². The van der Waals surface area contributed by atoms with Crippen molar-refractivity contribution in [3.05, 3.63) is 69.2 Å². The van der Waals surface area contributed by atoms with Gasteiger partial charge in [-0.05, 0) is 95.3 Å². The Balaban J connectivity index is 0.000000177. The minimum atomic E-state index is -0.547. The molecular weight excluding hydrogens is 847 g/mol. The molecule has 0 amide bonds. The van der Waals surface area contributed by atoms with Crippen LogP contribution in [0.1, 0.15) is 141 Å². The first-order valence-corrected chi connectivity index (χ1v) is 26.0. The summed E-state index contributed by atoms with van der Waals surface area (Å²) in [5, 5.41) is 12.9. The van der Waals surface area contributed by atoms with E-state index in [2.05, 4.69) is 46.1 Å². The molecule has 4 aliphatic heterocycles. The molecule has 360 valence electrons. The number of fused-ring (bicyclic) bond motifs is 2. The summed E-state index contributed by atoms with van der Waals surface area (Å²) in [6.07, 6.45) is 25.2. The number of anilines is 2. The zero-order chi connectivity index (χ0) is 44.7. The standard InChI is InChI=1S/C26H40BN5O2.C25H37N5O.ClH/c1-27(34)29-20-13-16-31(19-20)25-26(33)32(24-12-8-7-11-23(24)28-25)22-14-17-30(18-15-22)21-9-5-3-2-4-6-10-21;26-19-12-15-29(18-19)24-25(31)30(23-11-7-6-10-22(23)27-24)21-13-16-28(17-14-21)20-8-4-2-1-3-5-9-20;/h7-8,11-12,20-22,29,34H,2-6,9-10,13-19H2,1H3;6-7,10-11,19-21H,1-5,8-9,12-18,26H2;1H/t20-;19-;/m00./s1.